The second kappa shape index (κ2) is 5.03. The molecule has 0 bridgehead atoms. The Morgan fingerprint density at radius 2 is 2.45 bits per heavy atom. The van der Waals surface area contributed by atoms with Gasteiger partial charge in [0, 0.05) is 6.61 Å². The van der Waals surface area contributed by atoms with Gasteiger partial charge in [0.25, 0.3) is 0 Å². The van der Waals surface area contributed by atoms with Gasteiger partial charge < -0.3 is 19.9 Å². The first-order valence-corrected chi connectivity index (χ1v) is 6.89. The number of esters is 1. The summed E-state index contributed by atoms with van der Waals surface area (Å²) in [6.07, 6.45) is 0.300. The molecule has 1 fully saturated rings. The minimum absolute atomic E-state index is 0.00920. The average Bonchev–Trinajstić information content (AvgIpc) is 3.05. The summed E-state index contributed by atoms with van der Waals surface area (Å²) in [5.74, 6) is -0.0922. The number of hydrogen-bond acceptors (Lipinski definition) is 7. The van der Waals surface area contributed by atoms with Gasteiger partial charge in [-0.05, 0) is 13.3 Å². The number of carbonyl (C=O) groups excluding carboxylic acids is 1. The van der Waals surface area contributed by atoms with E-state index < -0.39 is 11.4 Å². The van der Waals surface area contributed by atoms with Crippen molar-refractivity contribution in [1.82, 2.24) is 10.2 Å². The lowest BCUT2D eigenvalue weighted by molar-refractivity contribution is -0.139. The van der Waals surface area contributed by atoms with Crippen LogP contribution in [0.5, 0.6) is 5.88 Å². The van der Waals surface area contributed by atoms with Crippen molar-refractivity contribution in [3.63, 3.8) is 0 Å². The zero-order valence-electron chi connectivity index (χ0n) is 12.3. The molecule has 0 amide bonds. The van der Waals surface area contributed by atoms with E-state index in [0.717, 1.165) is 0 Å². The number of H-pyrrole nitrogens is 1. The Hall–Kier alpha value is -2.53. The van der Waals surface area contributed by atoms with Crippen LogP contribution < -0.4 is 10.5 Å². The Balaban J connectivity index is 2.18. The molecular weight excluding hydrogens is 288 g/mol. The summed E-state index contributed by atoms with van der Waals surface area (Å²) in [4.78, 5) is 11.6. The van der Waals surface area contributed by atoms with E-state index in [0.29, 0.717) is 29.9 Å². The maximum atomic E-state index is 11.6. The number of carbonyl (C=O) groups is 1. The van der Waals surface area contributed by atoms with Gasteiger partial charge in [-0.3, -0.25) is 9.89 Å². The van der Waals surface area contributed by atoms with Gasteiger partial charge >= 0.3 is 5.97 Å². The summed E-state index contributed by atoms with van der Waals surface area (Å²) in [6, 6.07) is 2.13. The van der Waals surface area contributed by atoms with Crippen LogP contribution >= 0.6 is 0 Å². The molecule has 0 aromatic carbocycles. The fourth-order valence-electron chi connectivity index (χ4n) is 3.29. The molecule has 2 aliphatic rings. The first-order chi connectivity index (χ1) is 10.5. The molecule has 0 aliphatic carbocycles. The van der Waals surface area contributed by atoms with E-state index in [-0.39, 0.29) is 24.3 Å². The van der Waals surface area contributed by atoms with Crippen molar-refractivity contribution in [2.75, 3.05) is 13.7 Å². The van der Waals surface area contributed by atoms with Crippen LogP contribution in [0.3, 0.4) is 0 Å². The van der Waals surface area contributed by atoms with E-state index in [1.807, 2.05) is 6.92 Å². The maximum absolute atomic E-state index is 11.6. The first-order valence-electron chi connectivity index (χ1n) is 6.89. The Morgan fingerprint density at radius 3 is 3.05 bits per heavy atom. The number of rotatable bonds is 2. The van der Waals surface area contributed by atoms with E-state index in [4.69, 9.17) is 19.9 Å². The smallest absolute Gasteiger partial charge is 0.311 e. The van der Waals surface area contributed by atoms with Gasteiger partial charge in [0.1, 0.15) is 11.6 Å². The third-order valence-electron chi connectivity index (χ3n) is 4.37. The van der Waals surface area contributed by atoms with Crippen LogP contribution in [0.4, 0.5) is 0 Å². The number of aromatic nitrogens is 2. The Morgan fingerprint density at radius 1 is 1.68 bits per heavy atom. The number of nitrogens with one attached hydrogen (secondary N) is 1. The Kier molecular flexibility index (Phi) is 3.30. The predicted octanol–water partition coefficient (Wildman–Crippen LogP) is 0.258. The van der Waals surface area contributed by atoms with Crippen molar-refractivity contribution in [3.05, 3.63) is 22.7 Å². The summed E-state index contributed by atoms with van der Waals surface area (Å²) >= 11 is 0. The minimum Gasteiger partial charge on any atom is -0.469 e. The summed E-state index contributed by atoms with van der Waals surface area (Å²) in [7, 11) is 1.32. The zero-order chi connectivity index (χ0) is 15.9. The molecule has 2 aliphatic heterocycles. The van der Waals surface area contributed by atoms with E-state index >= 15 is 0 Å². The molecule has 3 N–H and O–H groups in total. The second-order valence-corrected chi connectivity index (χ2v) is 5.32. The normalized spacial score (nSPS) is 26.5. The summed E-state index contributed by atoms with van der Waals surface area (Å²) in [5.41, 5.74) is 6.68. The fraction of sp³-hybridized carbons (Fsp3) is 0.500. The fourth-order valence-corrected chi connectivity index (χ4v) is 3.29. The highest BCUT2D eigenvalue weighted by molar-refractivity contribution is 5.73. The Bertz CT molecular complexity index is 702. The molecule has 3 heterocycles. The minimum atomic E-state index is -0.747. The van der Waals surface area contributed by atoms with Gasteiger partial charge in [0.2, 0.25) is 11.8 Å². The lowest BCUT2D eigenvalue weighted by atomic mass is 9.68. The van der Waals surface area contributed by atoms with Crippen molar-refractivity contribution in [2.24, 2.45) is 5.73 Å². The standard InChI is InChI=1S/C14H16N4O4/c1-7-14(3-4-21-7)8(6-15)12(16)22-13-11(14)9(17-18-13)5-10(19)20-2/h7H,3-5,16H2,1-2H3,(H,17,18)/t7-,14-/m1/s1. The number of nitrogens with two attached hydrogens (primary N) is 1. The zero-order valence-corrected chi connectivity index (χ0v) is 12.3. The summed E-state index contributed by atoms with van der Waals surface area (Å²) < 4.78 is 15.8. The van der Waals surface area contributed by atoms with Gasteiger partial charge in [-0.15, -0.1) is 5.10 Å². The molecule has 0 saturated carbocycles. The molecular formula is C14H16N4O4. The number of ether oxygens (including phenoxy) is 3. The molecule has 116 valence electrons. The lowest BCUT2D eigenvalue weighted by Crippen LogP contribution is -2.41. The van der Waals surface area contributed by atoms with Gasteiger partial charge in [-0.2, -0.15) is 5.26 Å². The van der Waals surface area contributed by atoms with Crippen LogP contribution in [0.1, 0.15) is 24.6 Å². The molecule has 1 spiro atoms. The van der Waals surface area contributed by atoms with Gasteiger partial charge in [0.05, 0.1) is 36.3 Å². The third-order valence-corrected chi connectivity index (χ3v) is 4.37. The molecule has 1 aromatic heterocycles. The van der Waals surface area contributed by atoms with Crippen LogP contribution in [-0.2, 0) is 26.1 Å². The topological polar surface area (TPSA) is 123 Å². The molecule has 1 aromatic rings. The van der Waals surface area contributed by atoms with E-state index in [1.165, 1.54) is 7.11 Å². The van der Waals surface area contributed by atoms with Crippen LogP contribution in [0.25, 0.3) is 0 Å². The Labute approximate surface area is 126 Å². The van der Waals surface area contributed by atoms with Crippen LogP contribution in [0, 0.1) is 11.3 Å². The molecule has 3 rings (SSSR count). The molecule has 8 nitrogen and oxygen atoms in total. The van der Waals surface area contributed by atoms with E-state index in [9.17, 15) is 10.1 Å². The van der Waals surface area contributed by atoms with Crippen molar-refractivity contribution in [2.45, 2.75) is 31.3 Å². The predicted molar refractivity (Wildman–Crippen MR) is 73.5 cm³/mol. The number of hydrogen-bond donors (Lipinski definition) is 2. The molecule has 1 saturated heterocycles. The largest absolute Gasteiger partial charge is 0.469 e. The summed E-state index contributed by atoms with van der Waals surface area (Å²) in [6.45, 7) is 2.36. The van der Waals surface area contributed by atoms with Crippen LogP contribution in [-0.4, -0.2) is 36.0 Å². The number of nitrogens with zero attached hydrogens (tertiary/aromatic N) is 2. The van der Waals surface area contributed by atoms with Crippen molar-refractivity contribution < 1.29 is 19.0 Å². The van der Waals surface area contributed by atoms with E-state index in [1.54, 1.807) is 0 Å². The van der Waals surface area contributed by atoms with Crippen molar-refractivity contribution in [3.8, 4) is 11.9 Å². The number of fused-ring (bicyclic) bond motifs is 2. The number of nitriles is 1. The quantitative estimate of drug-likeness (QED) is 0.751. The maximum Gasteiger partial charge on any atom is 0.311 e. The molecule has 0 unspecified atom stereocenters. The monoisotopic (exact) mass is 304 g/mol. The highest BCUT2D eigenvalue weighted by Gasteiger charge is 2.54. The average molecular weight is 304 g/mol. The van der Waals surface area contributed by atoms with Gasteiger partial charge in [-0.1, -0.05) is 0 Å². The van der Waals surface area contributed by atoms with Crippen molar-refractivity contribution >= 4 is 5.97 Å². The molecule has 22 heavy (non-hydrogen) atoms. The first kappa shape index (κ1) is 14.4. The third kappa shape index (κ3) is 1.79. The molecule has 2 atom stereocenters. The van der Waals surface area contributed by atoms with Crippen molar-refractivity contribution in [1.29, 1.82) is 5.26 Å². The highest BCUT2D eigenvalue weighted by Crippen LogP contribution is 2.51. The van der Waals surface area contributed by atoms with Crippen LogP contribution in [0.2, 0.25) is 0 Å². The SMILES string of the molecule is COC(=O)Cc1[nH]nc2c1[C@@]1(CCO[C@@H]1C)C(C#N)=C(N)O2. The highest BCUT2D eigenvalue weighted by atomic mass is 16.5. The van der Waals surface area contributed by atoms with Gasteiger partial charge in [0.15, 0.2) is 0 Å². The lowest BCUT2D eigenvalue weighted by Gasteiger charge is -2.35. The summed E-state index contributed by atoms with van der Waals surface area (Å²) in [5, 5.41) is 16.4. The van der Waals surface area contributed by atoms with Gasteiger partial charge in [-0.25, -0.2) is 0 Å². The van der Waals surface area contributed by atoms with E-state index in [2.05, 4.69) is 16.3 Å². The second-order valence-electron chi connectivity index (χ2n) is 5.32. The number of methoxy groups -OCH3 is 1. The van der Waals surface area contributed by atoms with Crippen LogP contribution in [0.15, 0.2) is 11.5 Å². The number of aromatic amines is 1. The molecule has 0 radical (unpaired) electrons. The molecule has 8 heteroatoms.